The molecule has 2 heterocycles. The van der Waals surface area contributed by atoms with Gasteiger partial charge in [-0.1, -0.05) is 41.9 Å². The van der Waals surface area contributed by atoms with Crippen LogP contribution in [0.4, 0.5) is 5.69 Å². The monoisotopic (exact) mass is 564 g/mol. The summed E-state index contributed by atoms with van der Waals surface area (Å²) in [5.41, 5.74) is 2.88. The molecule has 41 heavy (non-hydrogen) atoms. The Kier molecular flexibility index (Phi) is 6.20. The van der Waals surface area contributed by atoms with Crippen molar-refractivity contribution in [1.82, 2.24) is 4.98 Å². The van der Waals surface area contributed by atoms with Crippen molar-refractivity contribution in [3.05, 3.63) is 95.0 Å². The number of benzene rings is 3. The number of aromatic nitrogens is 1. The van der Waals surface area contributed by atoms with Crippen LogP contribution in [0.1, 0.15) is 40.0 Å². The number of halogens is 1. The molecule has 3 fully saturated rings. The van der Waals surface area contributed by atoms with Crippen LogP contribution in [0.3, 0.4) is 0 Å². The van der Waals surface area contributed by atoms with E-state index < -0.39 is 12.6 Å². The van der Waals surface area contributed by atoms with Gasteiger partial charge in [0.25, 0.3) is 0 Å². The number of carbonyl (C=O) groups is 4. The van der Waals surface area contributed by atoms with E-state index in [0.717, 1.165) is 19.3 Å². The lowest BCUT2D eigenvalue weighted by molar-refractivity contribution is -0.123. The molecule has 0 radical (unpaired) electrons. The van der Waals surface area contributed by atoms with Gasteiger partial charge in [0, 0.05) is 21.5 Å². The number of rotatable bonds is 6. The van der Waals surface area contributed by atoms with Crippen LogP contribution < -0.4 is 4.90 Å². The number of pyridine rings is 1. The highest BCUT2D eigenvalue weighted by molar-refractivity contribution is 6.30. The van der Waals surface area contributed by atoms with E-state index in [0.29, 0.717) is 50.3 Å². The van der Waals surface area contributed by atoms with Gasteiger partial charge in [0.05, 0.1) is 34.3 Å². The van der Waals surface area contributed by atoms with Crippen LogP contribution >= 0.6 is 11.6 Å². The van der Waals surface area contributed by atoms with Gasteiger partial charge in [-0.15, -0.1) is 0 Å². The average molecular weight is 565 g/mol. The van der Waals surface area contributed by atoms with Crippen LogP contribution in [-0.2, 0) is 14.3 Å². The molecule has 0 N–H and O–H groups in total. The molecule has 1 saturated heterocycles. The third-order valence-corrected chi connectivity index (χ3v) is 9.02. The average Bonchev–Trinajstić information content (AvgIpc) is 3.69. The molecule has 2 saturated carbocycles. The molecule has 7 rings (SSSR count). The van der Waals surface area contributed by atoms with Crippen LogP contribution in [-0.4, -0.2) is 35.2 Å². The second-order valence-electron chi connectivity index (χ2n) is 11.0. The Morgan fingerprint density at radius 1 is 0.878 bits per heavy atom. The highest BCUT2D eigenvalue weighted by Gasteiger charge is 2.61. The molecule has 8 heteroatoms. The van der Waals surface area contributed by atoms with E-state index in [1.165, 1.54) is 4.90 Å². The summed E-state index contributed by atoms with van der Waals surface area (Å²) in [5.74, 6) is -1.03. The topological polar surface area (TPSA) is 93.6 Å². The Balaban J connectivity index is 1.19. The van der Waals surface area contributed by atoms with Crippen LogP contribution in [0.5, 0.6) is 0 Å². The Morgan fingerprint density at radius 2 is 1.59 bits per heavy atom. The minimum atomic E-state index is -0.656. The predicted octanol–water partition coefficient (Wildman–Crippen LogP) is 6.13. The highest BCUT2D eigenvalue weighted by atomic mass is 35.5. The number of hydrogen-bond acceptors (Lipinski definition) is 6. The van der Waals surface area contributed by atoms with Crippen LogP contribution in [0.2, 0.25) is 5.02 Å². The number of hydrogen-bond donors (Lipinski definition) is 0. The fourth-order valence-electron chi connectivity index (χ4n) is 6.89. The zero-order chi connectivity index (χ0) is 28.2. The van der Waals surface area contributed by atoms with E-state index >= 15 is 0 Å². The number of ether oxygens (including phenoxy) is 1. The summed E-state index contributed by atoms with van der Waals surface area (Å²) >= 11 is 5.90. The Hall–Kier alpha value is -4.36. The second kappa shape index (κ2) is 9.93. The van der Waals surface area contributed by atoms with Crippen molar-refractivity contribution < 1.29 is 23.9 Å². The fourth-order valence-corrected chi connectivity index (χ4v) is 7.01. The van der Waals surface area contributed by atoms with Crippen molar-refractivity contribution in [2.24, 2.45) is 23.7 Å². The van der Waals surface area contributed by atoms with Gasteiger partial charge in [-0.05, 0) is 79.6 Å². The third kappa shape index (κ3) is 4.32. The second-order valence-corrected chi connectivity index (χ2v) is 11.5. The number of para-hydroxylation sites is 1. The van der Waals surface area contributed by atoms with Gasteiger partial charge in [-0.3, -0.25) is 19.3 Å². The Morgan fingerprint density at radius 3 is 2.32 bits per heavy atom. The zero-order valence-corrected chi connectivity index (χ0v) is 22.7. The van der Waals surface area contributed by atoms with Gasteiger partial charge < -0.3 is 4.74 Å². The fraction of sp³-hybridized carbons (Fsp3) is 0.242. The lowest BCUT2D eigenvalue weighted by Crippen LogP contribution is -2.32. The molecule has 0 spiro atoms. The van der Waals surface area contributed by atoms with E-state index in [4.69, 9.17) is 21.3 Å². The molecular weight excluding hydrogens is 540 g/mol. The van der Waals surface area contributed by atoms with Crippen molar-refractivity contribution in [2.75, 3.05) is 11.5 Å². The molecule has 4 atom stereocenters. The first-order valence-corrected chi connectivity index (χ1v) is 14.1. The lowest BCUT2D eigenvalue weighted by atomic mass is 9.81. The predicted molar refractivity (Wildman–Crippen MR) is 154 cm³/mol. The third-order valence-electron chi connectivity index (χ3n) is 8.76. The molecule has 3 aromatic carbocycles. The molecule has 2 aliphatic carbocycles. The minimum Gasteiger partial charge on any atom is -0.454 e. The Bertz CT molecular complexity index is 1720. The van der Waals surface area contributed by atoms with Gasteiger partial charge in [0.2, 0.25) is 11.8 Å². The SMILES string of the molecule is O=C(COC(=O)c1cc(-c2cccc(N3C(=O)[C@H]4[C@@H]5CC[C@@H](C5)[C@@H]4C3=O)c2)nc2ccccc12)c1ccc(Cl)cc1. The van der Waals surface area contributed by atoms with Gasteiger partial charge in [0.1, 0.15) is 0 Å². The highest BCUT2D eigenvalue weighted by Crippen LogP contribution is 2.56. The molecule has 2 bridgehead atoms. The van der Waals surface area contributed by atoms with Gasteiger partial charge >= 0.3 is 5.97 Å². The normalized spacial score (nSPS) is 22.8. The van der Waals surface area contributed by atoms with Crippen LogP contribution in [0, 0.1) is 23.7 Å². The largest absolute Gasteiger partial charge is 0.454 e. The number of amides is 2. The first kappa shape index (κ1) is 25.6. The quantitative estimate of drug-likeness (QED) is 0.159. The number of anilines is 1. The standard InChI is InChI=1S/C33H25ClN2O5/c34-22-12-10-18(11-13-22)28(37)17-41-33(40)25-16-27(35-26-7-2-1-6-24(25)26)19-4-3-5-23(15-19)36-31(38)29-20-8-9-21(14-20)30(29)32(36)39/h1-7,10-13,15-16,20-21,29-30H,8-9,14,17H2/t20-,21+,29-,30-/m0/s1. The molecule has 4 aromatic rings. The van der Waals surface area contributed by atoms with Gasteiger partial charge in [0.15, 0.2) is 12.4 Å². The lowest BCUT2D eigenvalue weighted by Gasteiger charge is -2.19. The maximum atomic E-state index is 13.4. The summed E-state index contributed by atoms with van der Waals surface area (Å²) in [4.78, 5) is 58.7. The number of ketones is 1. The molecule has 1 aromatic heterocycles. The molecule has 7 nitrogen and oxygen atoms in total. The van der Waals surface area contributed by atoms with Crippen LogP contribution in [0.15, 0.2) is 78.9 Å². The number of Topliss-reactive ketones (excluding diaryl/α,β-unsaturated/α-hetero) is 1. The smallest absolute Gasteiger partial charge is 0.339 e. The van der Waals surface area contributed by atoms with Crippen molar-refractivity contribution in [2.45, 2.75) is 19.3 Å². The molecule has 3 aliphatic rings. The van der Waals surface area contributed by atoms with Crippen molar-refractivity contribution in [3.63, 3.8) is 0 Å². The summed E-state index contributed by atoms with van der Waals surface area (Å²) in [6.45, 7) is -0.425. The summed E-state index contributed by atoms with van der Waals surface area (Å²) in [6.07, 6.45) is 3.01. The number of imide groups is 1. The summed E-state index contributed by atoms with van der Waals surface area (Å²) in [7, 11) is 0. The number of carbonyl (C=O) groups excluding carboxylic acids is 4. The van der Waals surface area contributed by atoms with E-state index in [1.807, 2.05) is 12.1 Å². The maximum absolute atomic E-state index is 13.4. The van der Waals surface area contributed by atoms with Crippen molar-refractivity contribution >= 4 is 51.8 Å². The molecule has 2 amide bonds. The molecule has 204 valence electrons. The zero-order valence-electron chi connectivity index (χ0n) is 22.0. The summed E-state index contributed by atoms with van der Waals surface area (Å²) < 4.78 is 5.43. The first-order chi connectivity index (χ1) is 19.9. The molecule has 0 unspecified atom stereocenters. The minimum absolute atomic E-state index is 0.106. The Labute approximate surface area is 241 Å². The van der Waals surface area contributed by atoms with Crippen molar-refractivity contribution in [1.29, 1.82) is 0 Å². The van der Waals surface area contributed by atoms with Gasteiger partial charge in [-0.25, -0.2) is 9.78 Å². The van der Waals surface area contributed by atoms with Gasteiger partial charge in [-0.2, -0.15) is 0 Å². The molecule has 1 aliphatic heterocycles. The number of fused-ring (bicyclic) bond motifs is 6. The number of esters is 1. The van der Waals surface area contributed by atoms with E-state index in [1.54, 1.807) is 66.7 Å². The molecular formula is C33H25ClN2O5. The van der Waals surface area contributed by atoms with Crippen molar-refractivity contribution in [3.8, 4) is 11.3 Å². The summed E-state index contributed by atoms with van der Waals surface area (Å²) in [5, 5.41) is 1.09. The van der Waals surface area contributed by atoms with E-state index in [2.05, 4.69) is 0 Å². The number of nitrogens with zero attached hydrogens (tertiary/aromatic N) is 2. The summed E-state index contributed by atoms with van der Waals surface area (Å²) in [6, 6.07) is 22.3. The van der Waals surface area contributed by atoms with E-state index in [9.17, 15) is 19.2 Å². The maximum Gasteiger partial charge on any atom is 0.339 e. The first-order valence-electron chi connectivity index (χ1n) is 13.7. The van der Waals surface area contributed by atoms with Crippen LogP contribution in [0.25, 0.3) is 22.2 Å². The van der Waals surface area contributed by atoms with E-state index in [-0.39, 0.29) is 35.0 Å².